The van der Waals surface area contributed by atoms with Gasteiger partial charge in [-0.15, -0.1) is 0 Å². The third-order valence-electron chi connectivity index (χ3n) is 16.8. The zero-order valence-corrected chi connectivity index (χ0v) is 45.1. The molecule has 8 heteroatoms. The lowest BCUT2D eigenvalue weighted by molar-refractivity contribution is 1.07. The zero-order valence-electron chi connectivity index (χ0n) is 45.1. The predicted molar refractivity (Wildman–Crippen MR) is 344 cm³/mol. The van der Waals surface area contributed by atoms with Gasteiger partial charge in [-0.1, -0.05) is 170 Å². The Balaban J connectivity index is 0.965. The van der Waals surface area contributed by atoms with Crippen molar-refractivity contribution >= 4 is 87.2 Å². The van der Waals surface area contributed by atoms with Gasteiger partial charge in [0.25, 0.3) is 0 Å². The topological polar surface area (TPSA) is 82.2 Å². The van der Waals surface area contributed by atoms with Crippen LogP contribution in [0.4, 0.5) is 0 Å². The molecule has 0 saturated carbocycles. The lowest BCUT2D eigenvalue weighted by Crippen LogP contribution is -2.03. The Morgan fingerprint density at radius 3 is 1.06 bits per heavy atom. The molecule has 0 radical (unpaired) electrons. The van der Waals surface area contributed by atoms with E-state index in [-0.39, 0.29) is 0 Å². The molecule has 0 aliphatic carbocycles. The van der Waals surface area contributed by atoms with Gasteiger partial charge < -0.3 is 18.3 Å². The van der Waals surface area contributed by atoms with Crippen LogP contribution in [-0.4, -0.2) is 33.2 Å². The van der Waals surface area contributed by atoms with Crippen LogP contribution in [0, 0.1) is 11.3 Å². The molecule has 0 saturated heterocycles. The van der Waals surface area contributed by atoms with Gasteiger partial charge >= 0.3 is 0 Å². The van der Waals surface area contributed by atoms with Crippen LogP contribution in [-0.2, 0) is 0 Å². The maximum atomic E-state index is 11.5. The highest BCUT2D eigenvalue weighted by Gasteiger charge is 2.25. The highest BCUT2D eigenvalue weighted by atomic mass is 15.0. The fourth-order valence-electron chi connectivity index (χ4n) is 13.1. The molecule has 0 atom stereocenters. The van der Waals surface area contributed by atoms with Gasteiger partial charge in [-0.05, 0) is 109 Å². The molecule has 8 nitrogen and oxygen atoms in total. The lowest BCUT2D eigenvalue weighted by atomic mass is 9.95. The molecule has 17 aromatic rings. The van der Waals surface area contributed by atoms with E-state index in [1.165, 1.54) is 21.5 Å². The van der Waals surface area contributed by atoms with Crippen LogP contribution in [0.1, 0.15) is 5.56 Å². The molecule has 5 aromatic heterocycles. The quantitative estimate of drug-likeness (QED) is 0.152. The van der Waals surface area contributed by atoms with Crippen molar-refractivity contribution in [1.29, 1.82) is 5.26 Å². The number of aromatic nitrogens is 7. The lowest BCUT2D eigenvalue weighted by Gasteiger charge is -2.18. The van der Waals surface area contributed by atoms with Crippen LogP contribution in [0.2, 0.25) is 0 Å². The van der Waals surface area contributed by atoms with Gasteiger partial charge in [0, 0.05) is 88.0 Å². The normalized spacial score (nSPS) is 11.8. The van der Waals surface area contributed by atoms with Gasteiger partial charge in [0.2, 0.25) is 0 Å². The molecule has 0 amide bonds. The van der Waals surface area contributed by atoms with Crippen LogP contribution in [0.5, 0.6) is 0 Å². The Bertz CT molecular complexity index is 5490. The van der Waals surface area contributed by atoms with Crippen molar-refractivity contribution in [3.63, 3.8) is 0 Å². The highest BCUT2D eigenvalue weighted by molar-refractivity contribution is 6.21. The van der Waals surface area contributed by atoms with E-state index in [1.807, 2.05) is 66.7 Å². The van der Waals surface area contributed by atoms with Crippen LogP contribution >= 0.6 is 0 Å². The summed E-state index contributed by atoms with van der Waals surface area (Å²) in [5.74, 6) is 1.65. The molecule has 17 rings (SSSR count). The number of hydrogen-bond donors (Lipinski definition) is 0. The molecule has 12 aromatic carbocycles. The van der Waals surface area contributed by atoms with Crippen molar-refractivity contribution in [2.75, 3.05) is 0 Å². The Labute approximate surface area is 481 Å². The SMILES string of the molecule is N#Cc1ccc(-n2c3ccccc3c3cc4c5ccccc5n(-c5ccccc5)c4cc32)cc1-c1cc(-c2nc(-c3ccccc3)nc(-c3ccccc3)n2)ccc1-n1c2ccccc2c2cc3c4ccccc4n(-c4ccccc4)c3cc21. The second-order valence-electron chi connectivity index (χ2n) is 21.5. The summed E-state index contributed by atoms with van der Waals surface area (Å²) < 4.78 is 9.51. The molecule has 5 heterocycles. The van der Waals surface area contributed by atoms with Crippen molar-refractivity contribution in [2.45, 2.75) is 0 Å². The molecule has 0 bridgehead atoms. The standard InChI is InChI=1S/C76H46N8/c77-47-51-37-39-54(83-67-35-19-15-31-57(67)63-43-61-55-29-13-17-33-65(55)81(70(61)45-72(63)83)52-25-9-3-10-26-52)42-59(51)60-41-50(76-79-74(48-21-5-1-6-22-48)78-75(80-76)49-23-7-2-8-24-49)38-40-69(60)84-68-36-20-16-32-58(68)64-44-62-56-30-14-18-34-66(56)82(71(62)46-73(64)84)53-27-11-4-12-28-53/h1-46H. The first-order chi connectivity index (χ1) is 41.6. The monoisotopic (exact) mass is 1070 g/mol. The first-order valence-corrected chi connectivity index (χ1v) is 28.2. The smallest absolute Gasteiger partial charge is 0.164 e. The first kappa shape index (κ1) is 47.2. The largest absolute Gasteiger partial charge is 0.309 e. The number of rotatable bonds is 8. The summed E-state index contributed by atoms with van der Waals surface area (Å²) >= 11 is 0. The number of hydrogen-bond acceptors (Lipinski definition) is 4. The molecule has 0 spiro atoms. The summed E-state index contributed by atoms with van der Waals surface area (Å²) in [6.07, 6.45) is 0. The van der Waals surface area contributed by atoms with E-state index in [0.717, 1.165) is 116 Å². The van der Waals surface area contributed by atoms with E-state index < -0.39 is 0 Å². The number of para-hydroxylation sites is 6. The maximum absolute atomic E-state index is 11.5. The first-order valence-electron chi connectivity index (χ1n) is 28.2. The Hall–Kier alpha value is -11.7. The van der Waals surface area contributed by atoms with Gasteiger partial charge in [0.1, 0.15) is 0 Å². The van der Waals surface area contributed by atoms with Crippen molar-refractivity contribution in [3.8, 4) is 74.1 Å². The van der Waals surface area contributed by atoms with E-state index in [0.29, 0.717) is 23.0 Å². The molecule has 0 aliphatic heterocycles. The van der Waals surface area contributed by atoms with Crippen molar-refractivity contribution in [2.24, 2.45) is 0 Å². The van der Waals surface area contributed by atoms with Gasteiger partial charge in [-0.2, -0.15) is 5.26 Å². The number of nitrogens with zero attached hydrogens (tertiary/aromatic N) is 8. The average molecular weight is 1070 g/mol. The van der Waals surface area contributed by atoms with E-state index in [9.17, 15) is 5.26 Å². The van der Waals surface area contributed by atoms with Crippen LogP contribution in [0.15, 0.2) is 279 Å². The molecular formula is C76H46N8. The molecule has 0 fully saturated rings. The second-order valence-corrected chi connectivity index (χ2v) is 21.5. The van der Waals surface area contributed by atoms with E-state index in [1.54, 1.807) is 0 Å². The van der Waals surface area contributed by atoms with E-state index in [4.69, 9.17) is 15.0 Å². The number of benzene rings is 12. The minimum Gasteiger partial charge on any atom is -0.309 e. The van der Waals surface area contributed by atoms with Crippen LogP contribution < -0.4 is 0 Å². The van der Waals surface area contributed by atoms with Crippen molar-refractivity contribution in [3.05, 3.63) is 285 Å². The Morgan fingerprint density at radius 1 is 0.250 bits per heavy atom. The third-order valence-corrected chi connectivity index (χ3v) is 16.8. The number of nitriles is 1. The Kier molecular flexibility index (Phi) is 10.5. The van der Waals surface area contributed by atoms with Crippen LogP contribution in [0.25, 0.3) is 155 Å². The predicted octanol–water partition coefficient (Wildman–Crippen LogP) is 18.8. The molecule has 0 unspecified atom stereocenters. The minimum atomic E-state index is 0.515. The molecule has 390 valence electrons. The van der Waals surface area contributed by atoms with Crippen LogP contribution in [0.3, 0.4) is 0 Å². The summed E-state index contributed by atoms with van der Waals surface area (Å²) in [4.78, 5) is 15.6. The highest BCUT2D eigenvalue weighted by Crippen LogP contribution is 2.45. The maximum Gasteiger partial charge on any atom is 0.164 e. The van der Waals surface area contributed by atoms with Gasteiger partial charge in [0.15, 0.2) is 17.5 Å². The fraction of sp³-hybridized carbons (Fsp3) is 0. The van der Waals surface area contributed by atoms with Gasteiger partial charge in [-0.3, -0.25) is 0 Å². The third kappa shape index (κ3) is 7.23. The van der Waals surface area contributed by atoms with E-state index >= 15 is 0 Å². The summed E-state index contributed by atoms with van der Waals surface area (Å²) in [6.45, 7) is 0. The van der Waals surface area contributed by atoms with Crippen molar-refractivity contribution < 1.29 is 0 Å². The summed E-state index contributed by atoms with van der Waals surface area (Å²) in [5.41, 5.74) is 17.3. The van der Waals surface area contributed by atoms with Crippen molar-refractivity contribution in [1.82, 2.24) is 33.2 Å². The summed E-state index contributed by atoms with van der Waals surface area (Å²) in [5, 5.41) is 20.7. The zero-order chi connectivity index (χ0) is 55.4. The van der Waals surface area contributed by atoms with E-state index in [2.05, 4.69) is 237 Å². The fourth-order valence-corrected chi connectivity index (χ4v) is 13.1. The second kappa shape index (κ2) is 18.7. The molecule has 84 heavy (non-hydrogen) atoms. The molecular weight excluding hydrogens is 1020 g/mol. The Morgan fingerprint density at radius 2 is 0.619 bits per heavy atom. The average Bonchev–Trinajstić information content (AvgIpc) is 1.81. The number of fused-ring (bicyclic) bond motifs is 12. The minimum absolute atomic E-state index is 0.515. The summed E-state index contributed by atoms with van der Waals surface area (Å²) in [6, 6.07) is 101. The van der Waals surface area contributed by atoms with Gasteiger partial charge in [-0.25, -0.2) is 15.0 Å². The summed E-state index contributed by atoms with van der Waals surface area (Å²) in [7, 11) is 0. The van der Waals surface area contributed by atoms with Gasteiger partial charge in [0.05, 0.1) is 61.5 Å². The molecule has 0 N–H and O–H groups in total. The molecule has 0 aliphatic rings.